The predicted octanol–water partition coefficient (Wildman–Crippen LogP) is 2.95. The van der Waals surface area contributed by atoms with Crippen molar-refractivity contribution in [2.24, 2.45) is 17.6 Å². The highest BCUT2D eigenvalue weighted by molar-refractivity contribution is 6.30. The zero-order chi connectivity index (χ0) is 27.5. The monoisotopic (exact) mass is 530 g/mol. The molecule has 3 amide bonds. The van der Waals surface area contributed by atoms with E-state index in [0.29, 0.717) is 24.4 Å². The van der Waals surface area contributed by atoms with Gasteiger partial charge in [-0.1, -0.05) is 70.0 Å². The summed E-state index contributed by atoms with van der Waals surface area (Å²) in [5.74, 6) is -1.36. The third-order valence-corrected chi connectivity index (χ3v) is 6.70. The van der Waals surface area contributed by atoms with Crippen molar-refractivity contribution in [2.75, 3.05) is 6.54 Å². The molecular weight excluding hydrogens is 492 g/mol. The molecule has 2 aromatic carbocycles. The Morgan fingerprint density at radius 3 is 2.05 bits per heavy atom. The van der Waals surface area contributed by atoms with Crippen LogP contribution in [0.25, 0.3) is 0 Å². The van der Waals surface area contributed by atoms with Crippen LogP contribution in [0, 0.1) is 11.8 Å². The van der Waals surface area contributed by atoms with Crippen molar-refractivity contribution in [1.29, 1.82) is 0 Å². The molecule has 0 fully saturated rings. The van der Waals surface area contributed by atoms with E-state index >= 15 is 0 Å². The number of phenolic OH excluding ortho intramolecular Hbond substituents is 1. The second kappa shape index (κ2) is 14.6. The molecule has 202 valence electrons. The minimum atomic E-state index is -0.949. The first-order valence-electron chi connectivity index (χ1n) is 12.7. The maximum atomic E-state index is 13.4. The second-order valence-corrected chi connectivity index (χ2v) is 10.2. The van der Waals surface area contributed by atoms with Crippen molar-refractivity contribution in [1.82, 2.24) is 16.0 Å². The van der Waals surface area contributed by atoms with Crippen LogP contribution in [-0.4, -0.2) is 47.5 Å². The molecule has 4 atom stereocenters. The third kappa shape index (κ3) is 9.70. The lowest BCUT2D eigenvalue weighted by atomic mass is 9.96. The van der Waals surface area contributed by atoms with E-state index in [-0.39, 0.29) is 29.9 Å². The molecule has 0 aliphatic carbocycles. The van der Waals surface area contributed by atoms with Crippen LogP contribution in [0.15, 0.2) is 48.5 Å². The molecule has 0 aliphatic rings. The molecule has 0 radical (unpaired) electrons. The Kier molecular flexibility index (Phi) is 11.9. The fourth-order valence-corrected chi connectivity index (χ4v) is 3.82. The van der Waals surface area contributed by atoms with Crippen LogP contribution in [0.1, 0.15) is 45.2 Å². The quantitative estimate of drug-likeness (QED) is 0.271. The average Bonchev–Trinajstić information content (AvgIpc) is 2.87. The first kappa shape index (κ1) is 30.1. The van der Waals surface area contributed by atoms with E-state index in [1.807, 2.05) is 39.8 Å². The number of halogens is 1. The Morgan fingerprint density at radius 1 is 0.892 bits per heavy atom. The van der Waals surface area contributed by atoms with Crippen molar-refractivity contribution in [2.45, 2.75) is 65.1 Å². The number of rotatable bonds is 13. The lowest BCUT2D eigenvalue weighted by Gasteiger charge is -2.27. The summed E-state index contributed by atoms with van der Waals surface area (Å²) in [6, 6.07) is 11.3. The molecule has 1 unspecified atom stereocenters. The molecule has 0 saturated heterocycles. The van der Waals surface area contributed by atoms with E-state index in [9.17, 15) is 19.5 Å². The predicted molar refractivity (Wildman–Crippen MR) is 146 cm³/mol. The van der Waals surface area contributed by atoms with E-state index in [4.69, 9.17) is 17.3 Å². The van der Waals surface area contributed by atoms with Gasteiger partial charge in [-0.25, -0.2) is 0 Å². The van der Waals surface area contributed by atoms with E-state index in [1.165, 1.54) is 12.1 Å². The van der Waals surface area contributed by atoms with Crippen LogP contribution < -0.4 is 21.7 Å². The van der Waals surface area contributed by atoms with Crippen LogP contribution >= 0.6 is 11.6 Å². The highest BCUT2D eigenvalue weighted by Gasteiger charge is 2.31. The molecule has 0 aromatic heterocycles. The van der Waals surface area contributed by atoms with Crippen molar-refractivity contribution in [3.63, 3.8) is 0 Å². The summed E-state index contributed by atoms with van der Waals surface area (Å²) < 4.78 is 0. The van der Waals surface area contributed by atoms with Crippen LogP contribution in [0.5, 0.6) is 5.75 Å². The van der Waals surface area contributed by atoms with Crippen LogP contribution in [0.4, 0.5) is 0 Å². The summed E-state index contributed by atoms with van der Waals surface area (Å²) in [7, 11) is 0. The van der Waals surface area contributed by atoms with Gasteiger partial charge in [0.25, 0.3) is 0 Å². The van der Waals surface area contributed by atoms with Gasteiger partial charge in [-0.05, 0) is 53.6 Å². The first-order chi connectivity index (χ1) is 17.5. The van der Waals surface area contributed by atoms with E-state index in [2.05, 4.69) is 16.0 Å². The van der Waals surface area contributed by atoms with Gasteiger partial charge in [-0.15, -0.1) is 0 Å². The molecular formula is C28H39ClN4O4. The smallest absolute Gasteiger partial charge is 0.243 e. The number of benzene rings is 2. The van der Waals surface area contributed by atoms with Crippen molar-refractivity contribution >= 4 is 29.3 Å². The third-order valence-electron chi connectivity index (χ3n) is 6.45. The number of hydrogen-bond donors (Lipinski definition) is 5. The fourth-order valence-electron chi connectivity index (χ4n) is 3.69. The van der Waals surface area contributed by atoms with Crippen LogP contribution in [-0.2, 0) is 27.2 Å². The number of amides is 3. The molecule has 0 aliphatic heterocycles. The Bertz CT molecular complexity index is 1030. The van der Waals surface area contributed by atoms with Crippen LogP contribution in [0.3, 0.4) is 0 Å². The number of phenols is 1. The van der Waals surface area contributed by atoms with Gasteiger partial charge in [0.1, 0.15) is 17.8 Å². The number of nitrogens with two attached hydrogens (primary N) is 1. The Labute approximate surface area is 224 Å². The average molecular weight is 531 g/mol. The van der Waals surface area contributed by atoms with Gasteiger partial charge in [0.15, 0.2) is 0 Å². The zero-order valence-electron chi connectivity index (χ0n) is 22.0. The minimum absolute atomic E-state index is 0.0997. The SMILES string of the molecule is CCC(C)[C@H](NC(=O)[C@H](Cc1ccc(O)cc1)NC(=O)[C@@H](N)C(C)C)C(=O)NCCc1ccc(Cl)cc1. The lowest BCUT2D eigenvalue weighted by Crippen LogP contribution is -2.58. The summed E-state index contributed by atoms with van der Waals surface area (Å²) >= 11 is 5.93. The summed E-state index contributed by atoms with van der Waals surface area (Å²) in [5.41, 5.74) is 7.78. The maximum Gasteiger partial charge on any atom is 0.243 e. The highest BCUT2D eigenvalue weighted by atomic mass is 35.5. The number of hydrogen-bond acceptors (Lipinski definition) is 5. The zero-order valence-corrected chi connectivity index (χ0v) is 22.7. The van der Waals surface area contributed by atoms with E-state index < -0.39 is 29.9 Å². The Morgan fingerprint density at radius 2 is 1.49 bits per heavy atom. The molecule has 2 rings (SSSR count). The van der Waals surface area contributed by atoms with Gasteiger partial charge in [0.05, 0.1) is 6.04 Å². The first-order valence-corrected chi connectivity index (χ1v) is 13.1. The number of aromatic hydroxyl groups is 1. The standard InChI is InChI=1S/C28H39ClN4O4/c1-5-18(4)25(28(37)31-15-14-19-6-10-21(29)11-7-19)33-26(35)23(32-27(36)24(30)17(2)3)16-20-8-12-22(34)13-9-20/h6-13,17-18,23-25,34H,5,14-16,30H2,1-4H3,(H,31,37)(H,32,36)(H,33,35)/t18?,23-,24-,25-/m0/s1. The minimum Gasteiger partial charge on any atom is -0.508 e. The largest absolute Gasteiger partial charge is 0.508 e. The van der Waals surface area contributed by atoms with Gasteiger partial charge in [0, 0.05) is 18.0 Å². The maximum absolute atomic E-state index is 13.4. The highest BCUT2D eigenvalue weighted by Crippen LogP contribution is 2.14. The van der Waals surface area contributed by atoms with Crippen molar-refractivity contribution < 1.29 is 19.5 Å². The molecule has 2 aromatic rings. The van der Waals surface area contributed by atoms with Crippen molar-refractivity contribution in [3.8, 4) is 5.75 Å². The van der Waals surface area contributed by atoms with Gasteiger partial charge in [-0.2, -0.15) is 0 Å². The van der Waals surface area contributed by atoms with Gasteiger partial charge in [0.2, 0.25) is 17.7 Å². The summed E-state index contributed by atoms with van der Waals surface area (Å²) in [4.78, 5) is 39.2. The Hall–Kier alpha value is -3.10. The molecule has 0 saturated carbocycles. The summed E-state index contributed by atoms with van der Waals surface area (Å²) in [6.07, 6.45) is 1.47. The number of nitrogens with one attached hydrogen (secondary N) is 3. The lowest BCUT2D eigenvalue weighted by molar-refractivity contribution is -0.133. The second-order valence-electron chi connectivity index (χ2n) is 9.74. The normalized spacial score (nSPS) is 14.4. The fraction of sp³-hybridized carbons (Fsp3) is 0.464. The molecule has 37 heavy (non-hydrogen) atoms. The molecule has 0 bridgehead atoms. The number of carbonyl (C=O) groups excluding carboxylic acids is 3. The molecule has 0 heterocycles. The van der Waals surface area contributed by atoms with Gasteiger partial charge in [-0.3, -0.25) is 14.4 Å². The topological polar surface area (TPSA) is 134 Å². The molecule has 8 nitrogen and oxygen atoms in total. The molecule has 6 N–H and O–H groups in total. The van der Waals surface area contributed by atoms with Gasteiger partial charge >= 0.3 is 0 Å². The summed E-state index contributed by atoms with van der Waals surface area (Å²) in [5, 5.41) is 18.8. The van der Waals surface area contributed by atoms with Crippen molar-refractivity contribution in [3.05, 3.63) is 64.7 Å². The van der Waals surface area contributed by atoms with E-state index in [1.54, 1.807) is 24.3 Å². The number of carbonyl (C=O) groups is 3. The Balaban J connectivity index is 2.13. The summed E-state index contributed by atoms with van der Waals surface area (Å²) in [6.45, 7) is 7.90. The van der Waals surface area contributed by atoms with Crippen LogP contribution in [0.2, 0.25) is 5.02 Å². The molecule has 9 heteroatoms. The van der Waals surface area contributed by atoms with Gasteiger partial charge < -0.3 is 26.8 Å². The van der Waals surface area contributed by atoms with E-state index in [0.717, 1.165) is 11.1 Å². The molecule has 0 spiro atoms.